The van der Waals surface area contributed by atoms with Gasteiger partial charge in [-0.15, -0.1) is 10.2 Å². The molecule has 0 N–H and O–H groups in total. The molecule has 0 unspecified atom stereocenters. The largest absolute Gasteiger partial charge is 0.226 e. The summed E-state index contributed by atoms with van der Waals surface area (Å²) < 4.78 is 0. The maximum absolute atomic E-state index is 6.22. The maximum atomic E-state index is 6.22. The van der Waals surface area contributed by atoms with Crippen LogP contribution in [-0.4, -0.2) is 30.4 Å². The highest BCUT2D eigenvalue weighted by Crippen LogP contribution is 2.26. The first-order valence-electron chi connectivity index (χ1n) is 10.2. The number of hydrogen-bond acceptors (Lipinski definition) is 6. The van der Waals surface area contributed by atoms with Crippen LogP contribution in [0.15, 0.2) is 103 Å². The van der Waals surface area contributed by atoms with Crippen LogP contribution in [0.2, 0.25) is 5.28 Å². The van der Waals surface area contributed by atoms with Gasteiger partial charge in [-0.1, -0.05) is 72.8 Å². The SMILES string of the molecule is Clc1nc(-c2ccc3ccccc3c2)nc(-c2ccc3ccccc3c2)n1.c1cnnnc1. The summed E-state index contributed by atoms with van der Waals surface area (Å²) in [6, 6.07) is 30.4. The Bertz CT molecular complexity index is 1410. The fraction of sp³-hybridized carbons (Fsp3) is 0. The van der Waals surface area contributed by atoms with Crippen LogP contribution in [0.3, 0.4) is 0 Å². The van der Waals surface area contributed by atoms with Crippen LogP contribution >= 0.6 is 11.6 Å². The maximum Gasteiger partial charge on any atom is 0.226 e. The van der Waals surface area contributed by atoms with E-state index in [2.05, 4.69) is 78.9 Å². The quantitative estimate of drug-likeness (QED) is 0.321. The van der Waals surface area contributed by atoms with E-state index in [9.17, 15) is 0 Å². The molecule has 0 saturated carbocycles. The fourth-order valence-corrected chi connectivity index (χ4v) is 3.63. The van der Waals surface area contributed by atoms with Gasteiger partial charge in [0.2, 0.25) is 5.28 Å². The second-order valence-electron chi connectivity index (χ2n) is 7.19. The van der Waals surface area contributed by atoms with E-state index in [1.54, 1.807) is 18.5 Å². The molecule has 0 fully saturated rings. The van der Waals surface area contributed by atoms with E-state index in [0.29, 0.717) is 11.6 Å². The summed E-state index contributed by atoms with van der Waals surface area (Å²) in [5, 5.41) is 15.0. The monoisotopic (exact) mass is 448 g/mol. The molecule has 4 aromatic carbocycles. The normalized spacial score (nSPS) is 10.6. The minimum absolute atomic E-state index is 0.191. The average molecular weight is 449 g/mol. The molecule has 0 atom stereocenters. The second-order valence-corrected chi connectivity index (χ2v) is 7.52. The molecule has 0 spiro atoms. The molecule has 0 amide bonds. The fourth-order valence-electron chi connectivity index (χ4n) is 3.47. The Hall–Kier alpha value is -4.29. The lowest BCUT2D eigenvalue weighted by atomic mass is 10.1. The Morgan fingerprint density at radius 1 is 0.485 bits per heavy atom. The summed E-state index contributed by atoms with van der Waals surface area (Å²) >= 11 is 6.22. The molecule has 0 radical (unpaired) electrons. The molecule has 7 heteroatoms. The lowest BCUT2D eigenvalue weighted by molar-refractivity contribution is 0.865. The van der Waals surface area contributed by atoms with E-state index in [-0.39, 0.29) is 5.28 Å². The Labute approximate surface area is 195 Å². The third-order valence-electron chi connectivity index (χ3n) is 5.03. The topological polar surface area (TPSA) is 77.3 Å². The molecule has 0 bridgehead atoms. The van der Waals surface area contributed by atoms with E-state index >= 15 is 0 Å². The van der Waals surface area contributed by atoms with Crippen molar-refractivity contribution in [3.05, 3.63) is 109 Å². The predicted molar refractivity (Wildman–Crippen MR) is 131 cm³/mol. The Kier molecular flexibility index (Phi) is 5.91. The molecule has 6 rings (SSSR count). The molecule has 0 saturated heterocycles. The molecule has 33 heavy (non-hydrogen) atoms. The van der Waals surface area contributed by atoms with Gasteiger partial charge in [0.25, 0.3) is 0 Å². The zero-order valence-electron chi connectivity index (χ0n) is 17.4. The number of nitrogens with zero attached hydrogens (tertiary/aromatic N) is 6. The van der Waals surface area contributed by atoms with Crippen LogP contribution in [0, 0.1) is 0 Å². The van der Waals surface area contributed by atoms with Gasteiger partial charge in [0.05, 0.1) is 12.4 Å². The van der Waals surface area contributed by atoms with Gasteiger partial charge in [-0.3, -0.25) is 0 Å². The summed E-state index contributed by atoms with van der Waals surface area (Å²) in [6.45, 7) is 0. The molecule has 6 nitrogen and oxygen atoms in total. The molecule has 2 heterocycles. The number of halogens is 1. The Morgan fingerprint density at radius 3 is 1.39 bits per heavy atom. The van der Waals surface area contributed by atoms with E-state index in [4.69, 9.17) is 11.6 Å². The summed E-state index contributed by atoms with van der Waals surface area (Å²) in [7, 11) is 0. The van der Waals surface area contributed by atoms with Gasteiger partial charge in [0.1, 0.15) is 0 Å². The van der Waals surface area contributed by atoms with E-state index in [0.717, 1.165) is 21.9 Å². The number of aromatic nitrogens is 6. The molecule has 0 aliphatic heterocycles. The van der Waals surface area contributed by atoms with Crippen LogP contribution < -0.4 is 0 Å². The standard InChI is InChI=1S/C23H14ClN3.C3H3N3/c24-23-26-21(19-11-9-15-5-1-3-7-17(15)13-19)25-22(27-23)20-12-10-16-6-2-4-8-18(16)14-20;1-2-4-6-5-3-1/h1-14H;1-3H. The molecule has 0 aliphatic rings. The first kappa shape index (κ1) is 20.6. The Balaban J connectivity index is 0.000000332. The molecular formula is C26H17ClN6. The number of hydrogen-bond donors (Lipinski definition) is 0. The van der Waals surface area contributed by atoms with Crippen molar-refractivity contribution in [2.24, 2.45) is 0 Å². The van der Waals surface area contributed by atoms with Crippen LogP contribution in [-0.2, 0) is 0 Å². The average Bonchev–Trinajstić information content (AvgIpc) is 2.89. The van der Waals surface area contributed by atoms with Gasteiger partial charge < -0.3 is 0 Å². The number of benzene rings is 4. The zero-order valence-corrected chi connectivity index (χ0v) is 18.1. The van der Waals surface area contributed by atoms with Crippen molar-refractivity contribution in [1.82, 2.24) is 30.4 Å². The van der Waals surface area contributed by atoms with Gasteiger partial charge in [-0.05, 0) is 56.6 Å². The number of rotatable bonds is 2. The van der Waals surface area contributed by atoms with Gasteiger partial charge in [-0.25, -0.2) is 4.98 Å². The van der Waals surface area contributed by atoms with E-state index < -0.39 is 0 Å². The minimum Gasteiger partial charge on any atom is -0.208 e. The first-order chi connectivity index (χ1) is 16.3. The van der Waals surface area contributed by atoms with Crippen molar-refractivity contribution < 1.29 is 0 Å². The molecule has 2 aromatic heterocycles. The Morgan fingerprint density at radius 2 is 0.970 bits per heavy atom. The van der Waals surface area contributed by atoms with Crippen LogP contribution in [0.25, 0.3) is 44.3 Å². The highest BCUT2D eigenvalue weighted by atomic mass is 35.5. The van der Waals surface area contributed by atoms with Crippen LogP contribution in [0.4, 0.5) is 0 Å². The highest BCUT2D eigenvalue weighted by Gasteiger charge is 2.10. The first-order valence-corrected chi connectivity index (χ1v) is 10.6. The molecule has 158 valence electrons. The molecule has 6 aromatic rings. The smallest absolute Gasteiger partial charge is 0.208 e. The van der Waals surface area contributed by atoms with Crippen molar-refractivity contribution >= 4 is 33.1 Å². The van der Waals surface area contributed by atoms with Crippen molar-refractivity contribution in [2.75, 3.05) is 0 Å². The summed E-state index contributed by atoms with van der Waals surface area (Å²) in [5.74, 6) is 1.15. The summed E-state index contributed by atoms with van der Waals surface area (Å²) in [5.41, 5.74) is 1.83. The van der Waals surface area contributed by atoms with Gasteiger partial charge in [0.15, 0.2) is 11.6 Å². The highest BCUT2D eigenvalue weighted by molar-refractivity contribution is 6.28. The van der Waals surface area contributed by atoms with E-state index in [1.165, 1.54) is 10.8 Å². The van der Waals surface area contributed by atoms with Crippen LogP contribution in [0.5, 0.6) is 0 Å². The van der Waals surface area contributed by atoms with Gasteiger partial charge in [-0.2, -0.15) is 9.97 Å². The third kappa shape index (κ3) is 4.81. The molecule has 0 aliphatic carbocycles. The van der Waals surface area contributed by atoms with Gasteiger partial charge >= 0.3 is 0 Å². The predicted octanol–water partition coefficient (Wildman–Crippen LogP) is 6.04. The number of fused-ring (bicyclic) bond motifs is 2. The summed E-state index contributed by atoms with van der Waals surface area (Å²) in [6.07, 6.45) is 3.15. The third-order valence-corrected chi connectivity index (χ3v) is 5.20. The minimum atomic E-state index is 0.191. The van der Waals surface area contributed by atoms with Crippen molar-refractivity contribution in [3.63, 3.8) is 0 Å². The lowest BCUT2D eigenvalue weighted by Gasteiger charge is -2.07. The van der Waals surface area contributed by atoms with Crippen molar-refractivity contribution in [2.45, 2.75) is 0 Å². The van der Waals surface area contributed by atoms with Crippen molar-refractivity contribution in [1.29, 1.82) is 0 Å². The zero-order chi connectivity index (χ0) is 22.5. The van der Waals surface area contributed by atoms with Crippen molar-refractivity contribution in [3.8, 4) is 22.8 Å². The second kappa shape index (κ2) is 9.46. The lowest BCUT2D eigenvalue weighted by Crippen LogP contribution is -1.97. The molecular weight excluding hydrogens is 432 g/mol. The van der Waals surface area contributed by atoms with Gasteiger partial charge in [0, 0.05) is 11.1 Å². The van der Waals surface area contributed by atoms with Crippen LogP contribution in [0.1, 0.15) is 0 Å². The van der Waals surface area contributed by atoms with E-state index in [1.807, 2.05) is 36.4 Å². The summed E-state index contributed by atoms with van der Waals surface area (Å²) in [4.78, 5) is 13.4.